The predicted octanol–water partition coefficient (Wildman–Crippen LogP) is 1.50. The molecule has 150 valence electrons. The van der Waals surface area contributed by atoms with Crippen LogP contribution in [0.4, 0.5) is 5.69 Å². The fraction of sp³-hybridized carbons (Fsp3) is 0.579. The number of Topliss-reactive ketones (excluding diaryl/α,β-unsaturated/α-hetero) is 1. The van der Waals surface area contributed by atoms with Gasteiger partial charge in [-0.1, -0.05) is 12.1 Å². The Kier molecular flexibility index (Phi) is 7.38. The summed E-state index contributed by atoms with van der Waals surface area (Å²) in [6.07, 6.45) is 4.21. The van der Waals surface area contributed by atoms with E-state index in [2.05, 4.69) is 17.3 Å². The summed E-state index contributed by atoms with van der Waals surface area (Å²) in [5, 5.41) is 2.83. The van der Waals surface area contributed by atoms with Crippen LogP contribution in [0.3, 0.4) is 0 Å². The van der Waals surface area contributed by atoms with Crippen molar-refractivity contribution in [3.63, 3.8) is 0 Å². The smallest absolute Gasteiger partial charge is 0.240 e. The van der Waals surface area contributed by atoms with Crippen molar-refractivity contribution in [1.29, 1.82) is 0 Å². The van der Waals surface area contributed by atoms with Gasteiger partial charge in [0.2, 0.25) is 15.9 Å². The van der Waals surface area contributed by atoms with Crippen molar-refractivity contribution in [3.8, 4) is 0 Å². The molecule has 1 aromatic carbocycles. The van der Waals surface area contributed by atoms with Gasteiger partial charge >= 0.3 is 0 Å². The van der Waals surface area contributed by atoms with Crippen LogP contribution < -0.4 is 9.62 Å². The first-order valence-electron chi connectivity index (χ1n) is 9.21. The first-order chi connectivity index (χ1) is 12.7. The number of hydrogen-bond donors (Lipinski definition) is 1. The van der Waals surface area contributed by atoms with Crippen molar-refractivity contribution in [1.82, 2.24) is 10.2 Å². The van der Waals surface area contributed by atoms with Crippen LogP contribution in [0, 0.1) is 5.92 Å². The van der Waals surface area contributed by atoms with Gasteiger partial charge in [0.15, 0.2) is 5.78 Å². The maximum absolute atomic E-state index is 12.3. The largest absolute Gasteiger partial charge is 0.355 e. The molecular weight excluding hydrogens is 366 g/mol. The Labute approximate surface area is 161 Å². The second-order valence-electron chi connectivity index (χ2n) is 7.26. The normalized spacial score (nSPS) is 16.1. The van der Waals surface area contributed by atoms with Crippen LogP contribution in [0.2, 0.25) is 0 Å². The lowest BCUT2D eigenvalue weighted by atomic mass is 9.94. The summed E-state index contributed by atoms with van der Waals surface area (Å²) >= 11 is 0. The number of amides is 1. The minimum Gasteiger partial charge on any atom is -0.355 e. The van der Waals surface area contributed by atoms with Crippen LogP contribution in [0.1, 0.15) is 36.5 Å². The Morgan fingerprint density at radius 2 is 1.93 bits per heavy atom. The molecule has 0 spiro atoms. The van der Waals surface area contributed by atoms with Gasteiger partial charge in [0.05, 0.1) is 11.9 Å². The van der Waals surface area contributed by atoms with Gasteiger partial charge in [-0.15, -0.1) is 0 Å². The van der Waals surface area contributed by atoms with E-state index in [1.807, 2.05) is 0 Å². The number of anilines is 1. The monoisotopic (exact) mass is 395 g/mol. The molecule has 0 saturated carbocycles. The highest BCUT2D eigenvalue weighted by Gasteiger charge is 2.22. The zero-order valence-electron chi connectivity index (χ0n) is 16.3. The molecule has 0 bridgehead atoms. The average Bonchev–Trinajstić information content (AvgIpc) is 2.60. The molecule has 1 aromatic rings. The summed E-state index contributed by atoms with van der Waals surface area (Å²) in [7, 11) is -1.54. The molecule has 1 amide bonds. The highest BCUT2D eigenvalue weighted by Crippen LogP contribution is 2.20. The van der Waals surface area contributed by atoms with E-state index in [1.165, 1.54) is 13.0 Å². The third-order valence-corrected chi connectivity index (χ3v) is 6.08. The van der Waals surface area contributed by atoms with E-state index in [1.54, 1.807) is 18.2 Å². The second kappa shape index (κ2) is 9.32. The molecule has 1 heterocycles. The molecule has 27 heavy (non-hydrogen) atoms. The topological polar surface area (TPSA) is 86.8 Å². The number of hydrogen-bond acceptors (Lipinski definition) is 5. The van der Waals surface area contributed by atoms with E-state index >= 15 is 0 Å². The van der Waals surface area contributed by atoms with Crippen LogP contribution in [-0.2, 0) is 14.8 Å². The number of carbonyl (C=O) groups excluding carboxylic acids is 2. The van der Waals surface area contributed by atoms with Crippen LogP contribution in [-0.4, -0.2) is 64.5 Å². The number of piperidine rings is 1. The van der Waals surface area contributed by atoms with Crippen LogP contribution in [0.25, 0.3) is 0 Å². The molecule has 7 nitrogen and oxygen atoms in total. The SMILES string of the molecule is CC(=O)c1cccc(N(CC(=O)NCCC2CCN(C)CC2)S(C)(=O)=O)c1. The highest BCUT2D eigenvalue weighted by atomic mass is 32.2. The van der Waals surface area contributed by atoms with Crippen molar-refractivity contribution >= 4 is 27.4 Å². The van der Waals surface area contributed by atoms with Gasteiger partial charge < -0.3 is 10.2 Å². The number of nitrogens with one attached hydrogen (secondary N) is 1. The number of nitrogens with zero attached hydrogens (tertiary/aromatic N) is 2. The van der Waals surface area contributed by atoms with Crippen LogP contribution in [0.15, 0.2) is 24.3 Å². The minimum atomic E-state index is -3.65. The van der Waals surface area contributed by atoms with Crippen molar-refractivity contribution in [3.05, 3.63) is 29.8 Å². The first-order valence-corrected chi connectivity index (χ1v) is 11.1. The standard InChI is InChI=1S/C19H29N3O4S/c1-15(23)17-5-4-6-18(13-17)22(27(3,25)26)14-19(24)20-10-7-16-8-11-21(2)12-9-16/h4-6,13,16H,7-12,14H2,1-3H3,(H,20,24). The molecule has 0 unspecified atom stereocenters. The Bertz CT molecular complexity index is 771. The lowest BCUT2D eigenvalue weighted by molar-refractivity contribution is -0.119. The molecule has 2 rings (SSSR count). The molecule has 0 aromatic heterocycles. The third-order valence-electron chi connectivity index (χ3n) is 4.94. The molecule has 1 saturated heterocycles. The predicted molar refractivity (Wildman–Crippen MR) is 106 cm³/mol. The number of benzene rings is 1. The fourth-order valence-corrected chi connectivity index (χ4v) is 4.08. The summed E-state index contributed by atoms with van der Waals surface area (Å²) in [5.41, 5.74) is 0.722. The van der Waals surface area contributed by atoms with Gasteiger partial charge in [-0.2, -0.15) is 0 Å². The summed E-state index contributed by atoms with van der Waals surface area (Å²) < 4.78 is 25.3. The Hall–Kier alpha value is -1.93. The van der Waals surface area contributed by atoms with Crippen molar-refractivity contribution < 1.29 is 18.0 Å². The minimum absolute atomic E-state index is 0.159. The molecule has 8 heteroatoms. The lowest BCUT2D eigenvalue weighted by Gasteiger charge is -2.29. The van der Waals surface area contributed by atoms with E-state index in [-0.39, 0.29) is 18.2 Å². The van der Waals surface area contributed by atoms with Gasteiger partial charge in [-0.25, -0.2) is 8.42 Å². The zero-order chi connectivity index (χ0) is 20.0. The van der Waals surface area contributed by atoms with Crippen molar-refractivity contribution in [2.75, 3.05) is 43.8 Å². The van der Waals surface area contributed by atoms with Crippen molar-refractivity contribution in [2.45, 2.75) is 26.2 Å². The molecule has 0 aliphatic carbocycles. The van der Waals surface area contributed by atoms with Crippen LogP contribution >= 0.6 is 0 Å². The Balaban J connectivity index is 1.95. The maximum atomic E-state index is 12.3. The Morgan fingerprint density at radius 1 is 1.26 bits per heavy atom. The average molecular weight is 396 g/mol. The second-order valence-corrected chi connectivity index (χ2v) is 9.17. The van der Waals surface area contributed by atoms with E-state index in [4.69, 9.17) is 0 Å². The fourth-order valence-electron chi connectivity index (χ4n) is 3.23. The molecule has 0 atom stereocenters. The van der Waals surface area contributed by atoms with Crippen molar-refractivity contribution in [2.24, 2.45) is 5.92 Å². The summed E-state index contributed by atoms with van der Waals surface area (Å²) in [5.74, 6) is 0.0919. The summed E-state index contributed by atoms with van der Waals surface area (Å²) in [6, 6.07) is 6.31. The first kappa shape index (κ1) is 21.4. The van der Waals surface area contributed by atoms with Gasteiger partial charge in [-0.3, -0.25) is 13.9 Å². The number of likely N-dealkylation sites (tertiary alicyclic amines) is 1. The third kappa shape index (κ3) is 6.62. The molecule has 1 fully saturated rings. The van der Waals surface area contributed by atoms with Gasteiger partial charge in [-0.05, 0) is 64.4 Å². The number of sulfonamides is 1. The number of ketones is 1. The molecule has 1 N–H and O–H groups in total. The Morgan fingerprint density at radius 3 is 2.52 bits per heavy atom. The molecular formula is C19H29N3O4S. The quantitative estimate of drug-likeness (QED) is 0.674. The zero-order valence-corrected chi connectivity index (χ0v) is 17.1. The van der Waals surface area contributed by atoms with E-state index in [9.17, 15) is 18.0 Å². The number of carbonyl (C=O) groups is 2. The van der Waals surface area contributed by atoms with E-state index in [0.717, 1.165) is 42.9 Å². The summed E-state index contributed by atoms with van der Waals surface area (Å²) in [4.78, 5) is 26.1. The van der Waals surface area contributed by atoms with Gasteiger partial charge in [0.1, 0.15) is 6.54 Å². The molecule has 1 aliphatic heterocycles. The van der Waals surface area contributed by atoms with E-state index < -0.39 is 10.0 Å². The highest BCUT2D eigenvalue weighted by molar-refractivity contribution is 7.92. The molecule has 0 radical (unpaired) electrons. The lowest BCUT2D eigenvalue weighted by Crippen LogP contribution is -2.41. The number of rotatable bonds is 8. The maximum Gasteiger partial charge on any atom is 0.240 e. The van der Waals surface area contributed by atoms with Gasteiger partial charge in [0, 0.05) is 12.1 Å². The summed E-state index contributed by atoms with van der Waals surface area (Å²) in [6.45, 7) is 3.81. The van der Waals surface area contributed by atoms with Gasteiger partial charge in [0.25, 0.3) is 0 Å². The van der Waals surface area contributed by atoms with Crippen LogP contribution in [0.5, 0.6) is 0 Å². The van der Waals surface area contributed by atoms with E-state index in [0.29, 0.717) is 23.7 Å². The molecule has 1 aliphatic rings.